The lowest BCUT2D eigenvalue weighted by atomic mass is 9.95. The third-order valence-corrected chi connectivity index (χ3v) is 8.52. The quantitative estimate of drug-likeness (QED) is 0.285. The predicted molar refractivity (Wildman–Crippen MR) is 147 cm³/mol. The Morgan fingerprint density at radius 2 is 1.08 bits per heavy atom. The first kappa shape index (κ1) is 24.7. The van der Waals surface area contributed by atoms with Crippen molar-refractivity contribution in [3.8, 4) is 34.4 Å². The number of benzene rings is 2. The minimum atomic E-state index is 0.0328. The summed E-state index contributed by atoms with van der Waals surface area (Å²) < 4.78 is 3.07. The molecule has 172 valence electrons. The van der Waals surface area contributed by atoms with Gasteiger partial charge in [0, 0.05) is 11.1 Å². The normalized spacial score (nSPS) is 11.1. The zero-order chi connectivity index (χ0) is 26.0. The van der Waals surface area contributed by atoms with Crippen molar-refractivity contribution >= 4 is 34.1 Å². The van der Waals surface area contributed by atoms with Crippen LogP contribution in [0.4, 0.5) is 0 Å². The molecule has 0 bridgehead atoms. The lowest BCUT2D eigenvalue weighted by Gasteiger charge is -2.10. The van der Waals surface area contributed by atoms with Gasteiger partial charge >= 0.3 is 5.82 Å². The van der Waals surface area contributed by atoms with Gasteiger partial charge in [-0.25, -0.2) is 0 Å². The average Bonchev–Trinajstić information content (AvgIpc) is 3.46. The third kappa shape index (κ3) is 4.22. The van der Waals surface area contributed by atoms with E-state index < -0.39 is 0 Å². The van der Waals surface area contributed by atoms with E-state index in [9.17, 15) is 10.5 Å². The molecule has 0 spiro atoms. The van der Waals surface area contributed by atoms with Crippen LogP contribution in [0.2, 0.25) is 0 Å². The number of hydrogen-bond donors (Lipinski definition) is 0. The molecule has 2 aromatic carbocycles. The molecule has 4 rings (SSSR count). The zero-order valence-electron chi connectivity index (χ0n) is 20.2. The summed E-state index contributed by atoms with van der Waals surface area (Å²) in [6, 6.07) is 20.2. The monoisotopic (exact) mass is 500 g/mol. The van der Waals surface area contributed by atoms with E-state index in [1.165, 1.54) is 22.7 Å². The van der Waals surface area contributed by atoms with Crippen molar-refractivity contribution in [2.24, 2.45) is 0 Å². The van der Waals surface area contributed by atoms with Gasteiger partial charge in [-0.1, -0.05) is 36.4 Å². The molecule has 4 aromatic rings. The number of nitriles is 2. The van der Waals surface area contributed by atoms with E-state index >= 15 is 0 Å². The molecule has 4 nitrogen and oxygen atoms in total. The highest BCUT2D eigenvalue weighted by Gasteiger charge is 2.17. The molecule has 0 radical (unpaired) electrons. The molecule has 0 aliphatic rings. The van der Waals surface area contributed by atoms with Gasteiger partial charge in [-0.3, -0.25) is 0 Å². The van der Waals surface area contributed by atoms with Crippen molar-refractivity contribution in [2.45, 2.75) is 27.7 Å². The molecule has 36 heavy (non-hydrogen) atoms. The Kier molecular flexibility index (Phi) is 6.87. The average molecular weight is 501 g/mol. The lowest BCUT2D eigenvalue weighted by molar-refractivity contribution is 1.37. The molecule has 6 heteroatoms. The Balaban J connectivity index is 2.40. The number of rotatable bonds is 2. The highest BCUT2D eigenvalue weighted by molar-refractivity contribution is 7.12. The molecular formula is C30H20N4S2. The zero-order valence-corrected chi connectivity index (χ0v) is 21.9. The van der Waals surface area contributed by atoms with Crippen LogP contribution in [0.25, 0.3) is 43.3 Å². The van der Waals surface area contributed by atoms with Gasteiger partial charge in [-0.05, 0) is 73.2 Å². The molecule has 0 aliphatic heterocycles. The highest BCUT2D eigenvalue weighted by Crippen LogP contribution is 2.34. The first-order valence-corrected chi connectivity index (χ1v) is 12.7. The Bertz CT molecular complexity index is 1710. The number of nitrogens with zero attached hydrogens (tertiary/aromatic N) is 4. The van der Waals surface area contributed by atoms with Crippen molar-refractivity contribution in [1.29, 1.82) is 10.5 Å². The summed E-state index contributed by atoms with van der Waals surface area (Å²) in [5.41, 5.74) is 8.47. The summed E-state index contributed by atoms with van der Waals surface area (Å²) in [5, 5.41) is 19.2. The third-order valence-electron chi connectivity index (χ3n) is 6.07. The van der Waals surface area contributed by atoms with Crippen molar-refractivity contribution in [3.63, 3.8) is 0 Å². The molecule has 0 saturated carbocycles. The summed E-state index contributed by atoms with van der Waals surface area (Å²) in [7, 11) is 0. The fourth-order valence-corrected chi connectivity index (χ4v) is 6.84. The minimum absolute atomic E-state index is 0.0328. The van der Waals surface area contributed by atoms with E-state index in [4.69, 9.17) is 13.1 Å². The summed E-state index contributed by atoms with van der Waals surface area (Å²) in [4.78, 5) is 6.94. The molecule has 0 saturated heterocycles. The molecule has 0 fully saturated rings. The molecule has 2 heterocycles. The highest BCUT2D eigenvalue weighted by atomic mass is 32.1. The van der Waals surface area contributed by atoms with E-state index in [1.54, 1.807) is 0 Å². The first-order valence-electron chi connectivity index (χ1n) is 11.1. The minimum Gasteiger partial charge on any atom is -0.192 e. The van der Waals surface area contributed by atoms with E-state index in [2.05, 4.69) is 61.7 Å². The summed E-state index contributed by atoms with van der Waals surface area (Å²) in [6.07, 6.45) is 0. The second-order valence-corrected chi connectivity index (χ2v) is 10.5. The second-order valence-electron chi connectivity index (χ2n) is 8.39. The standard InChI is InChI=1S/C30H20N4S2/c1-17-9-7-10-18(2)26(17)22-13-24(21(15-31)16-32)35-28(22)29-23(14-25(36-29)30(33-5)34-6)27-19(3)11-8-12-20(27)4/h7-14H,1-4H3/b29-28+. The van der Waals surface area contributed by atoms with Crippen molar-refractivity contribution in [1.82, 2.24) is 0 Å². The fourth-order valence-electron chi connectivity index (χ4n) is 4.47. The van der Waals surface area contributed by atoms with Gasteiger partial charge in [0.1, 0.15) is 35.4 Å². The lowest BCUT2D eigenvalue weighted by Crippen LogP contribution is -1.95. The van der Waals surface area contributed by atoms with Crippen LogP contribution in [0.5, 0.6) is 0 Å². The van der Waals surface area contributed by atoms with Gasteiger partial charge in [0.25, 0.3) is 0 Å². The second kappa shape index (κ2) is 10.0. The van der Waals surface area contributed by atoms with Gasteiger partial charge < -0.3 is 0 Å². The van der Waals surface area contributed by atoms with Gasteiger partial charge in [-0.15, -0.1) is 22.7 Å². The maximum atomic E-state index is 9.61. The van der Waals surface area contributed by atoms with Crippen LogP contribution in [-0.4, -0.2) is 0 Å². The first-order chi connectivity index (χ1) is 17.3. The van der Waals surface area contributed by atoms with Gasteiger partial charge in [-0.2, -0.15) is 20.2 Å². The maximum Gasteiger partial charge on any atom is 0.536 e. The van der Waals surface area contributed by atoms with Crippen LogP contribution in [0, 0.1) is 72.6 Å². The smallest absolute Gasteiger partial charge is 0.192 e. The predicted octanol–water partition coefficient (Wildman–Crippen LogP) is 6.77. The summed E-state index contributed by atoms with van der Waals surface area (Å²) in [6.45, 7) is 23.3. The van der Waals surface area contributed by atoms with E-state index in [-0.39, 0.29) is 11.4 Å². The van der Waals surface area contributed by atoms with Gasteiger partial charge in [0.2, 0.25) is 0 Å². The maximum absolute atomic E-state index is 9.61. The van der Waals surface area contributed by atoms with Crippen LogP contribution in [-0.2, 0) is 0 Å². The largest absolute Gasteiger partial charge is 0.536 e. The van der Waals surface area contributed by atoms with E-state index in [0.717, 1.165) is 53.6 Å². The molecule has 0 amide bonds. The SMILES string of the molecule is [C-]#[N+]C([N+]#[C-])=c1cc(-c2c(C)cccc2C)/c(=c2\sc(=C(C#N)C#N)cc2-c2c(C)cccc2C)s1. The van der Waals surface area contributed by atoms with Crippen LogP contribution in [0.1, 0.15) is 22.3 Å². The summed E-state index contributed by atoms with van der Waals surface area (Å²) >= 11 is 2.82. The van der Waals surface area contributed by atoms with Crippen LogP contribution < -0.4 is 9.06 Å². The number of hydrogen-bond acceptors (Lipinski definition) is 4. The van der Waals surface area contributed by atoms with Crippen LogP contribution >= 0.6 is 22.7 Å². The van der Waals surface area contributed by atoms with E-state index in [0.29, 0.717) is 9.06 Å². The van der Waals surface area contributed by atoms with Gasteiger partial charge in [0.15, 0.2) is 0 Å². The molecule has 0 N–H and O–H groups in total. The number of aryl methyl sites for hydroxylation is 4. The topological polar surface area (TPSA) is 56.3 Å². The van der Waals surface area contributed by atoms with Crippen molar-refractivity contribution in [2.75, 3.05) is 0 Å². The Morgan fingerprint density at radius 1 is 0.694 bits per heavy atom. The molecular weight excluding hydrogens is 480 g/mol. The van der Waals surface area contributed by atoms with Crippen molar-refractivity contribution < 1.29 is 0 Å². The Hall–Kier alpha value is -4.46. The summed E-state index contributed by atoms with van der Waals surface area (Å²) in [5.74, 6) is 0.0328. The molecule has 0 aliphatic carbocycles. The number of thiophene rings is 2. The fraction of sp³-hybridized carbons (Fsp3) is 0.133. The molecule has 0 atom stereocenters. The van der Waals surface area contributed by atoms with E-state index in [1.807, 2.05) is 36.4 Å². The van der Waals surface area contributed by atoms with Gasteiger partial charge in [0.05, 0.1) is 13.6 Å². The molecule has 2 aromatic heterocycles. The van der Waals surface area contributed by atoms with Crippen LogP contribution in [0.3, 0.4) is 0 Å². The Morgan fingerprint density at radius 3 is 1.47 bits per heavy atom. The Labute approximate surface area is 217 Å². The van der Waals surface area contributed by atoms with Crippen LogP contribution in [0.15, 0.2) is 48.5 Å². The van der Waals surface area contributed by atoms with Crippen molar-refractivity contribution in [3.05, 3.63) is 112 Å². The molecule has 0 unspecified atom stereocenters.